The van der Waals surface area contributed by atoms with E-state index >= 15 is 0 Å². The van der Waals surface area contributed by atoms with Gasteiger partial charge in [-0.15, -0.1) is 0 Å². The van der Waals surface area contributed by atoms with Crippen molar-refractivity contribution in [2.24, 2.45) is 4.99 Å². The predicted molar refractivity (Wildman–Crippen MR) is 80.0 cm³/mol. The predicted octanol–water partition coefficient (Wildman–Crippen LogP) is 0.567. The largest absolute Gasteiger partial charge is 0.453 e. The van der Waals surface area contributed by atoms with Gasteiger partial charge in [0.25, 0.3) is 0 Å². The average Bonchev–Trinajstić information content (AvgIpc) is 2.53. The number of carbonyl (C=O) groups excluding carboxylic acids is 2. The average molecular weight is 320 g/mol. The molecular weight excluding hydrogens is 299 g/mol. The highest BCUT2D eigenvalue weighted by Gasteiger charge is 2.38. The SMILES string of the molecule is CN=C(NC)[C@@H]1C(SF)CCCN1C(=O)CNC(=O)OC. The number of amidine groups is 1. The number of ether oxygens (including phenoxy) is 1. The lowest BCUT2D eigenvalue weighted by atomic mass is 10.00. The molecule has 2 amide bonds. The van der Waals surface area contributed by atoms with Crippen LogP contribution in [-0.2, 0) is 9.53 Å². The number of hydrogen-bond acceptors (Lipinski definition) is 5. The zero-order valence-electron chi connectivity index (χ0n) is 12.4. The monoisotopic (exact) mass is 320 g/mol. The Morgan fingerprint density at radius 1 is 1.52 bits per heavy atom. The van der Waals surface area contributed by atoms with Gasteiger partial charge in [-0.2, -0.15) is 3.89 Å². The Bertz CT molecular complexity index is 408. The molecule has 120 valence electrons. The number of amides is 2. The number of rotatable bonds is 4. The molecule has 1 rings (SSSR count). The van der Waals surface area contributed by atoms with E-state index in [9.17, 15) is 13.5 Å². The number of nitrogens with one attached hydrogen (secondary N) is 2. The van der Waals surface area contributed by atoms with E-state index in [4.69, 9.17) is 0 Å². The molecule has 0 bridgehead atoms. The number of methoxy groups -OCH3 is 1. The Morgan fingerprint density at radius 3 is 2.76 bits per heavy atom. The van der Waals surface area contributed by atoms with Crippen LogP contribution in [0, 0.1) is 0 Å². The van der Waals surface area contributed by atoms with E-state index in [2.05, 4.69) is 20.4 Å². The number of likely N-dealkylation sites (tertiary alicyclic amines) is 1. The van der Waals surface area contributed by atoms with Crippen LogP contribution in [0.25, 0.3) is 0 Å². The van der Waals surface area contributed by atoms with Gasteiger partial charge < -0.3 is 20.3 Å². The fourth-order valence-electron chi connectivity index (χ4n) is 2.37. The third kappa shape index (κ3) is 4.48. The van der Waals surface area contributed by atoms with Crippen LogP contribution in [0.3, 0.4) is 0 Å². The summed E-state index contributed by atoms with van der Waals surface area (Å²) in [6.45, 7) is 0.317. The first-order valence-corrected chi connectivity index (χ1v) is 7.40. The summed E-state index contributed by atoms with van der Waals surface area (Å²) in [7, 11) is 4.50. The van der Waals surface area contributed by atoms with Crippen molar-refractivity contribution in [2.75, 3.05) is 34.3 Å². The molecule has 2 N–H and O–H groups in total. The number of alkyl carbamates (subject to hydrolysis) is 1. The van der Waals surface area contributed by atoms with Gasteiger partial charge in [0.05, 0.1) is 24.5 Å². The minimum absolute atomic E-state index is 0.187. The first-order valence-electron chi connectivity index (χ1n) is 6.62. The van der Waals surface area contributed by atoms with E-state index in [1.54, 1.807) is 19.0 Å². The smallest absolute Gasteiger partial charge is 0.407 e. The zero-order chi connectivity index (χ0) is 15.8. The highest BCUT2D eigenvalue weighted by atomic mass is 32.2. The van der Waals surface area contributed by atoms with E-state index in [0.29, 0.717) is 25.2 Å². The van der Waals surface area contributed by atoms with Crippen molar-refractivity contribution in [3.8, 4) is 0 Å². The maximum atomic E-state index is 13.2. The molecule has 1 aliphatic rings. The molecule has 1 heterocycles. The van der Waals surface area contributed by atoms with E-state index in [0.717, 1.165) is 0 Å². The van der Waals surface area contributed by atoms with Crippen molar-refractivity contribution in [1.29, 1.82) is 0 Å². The zero-order valence-corrected chi connectivity index (χ0v) is 13.2. The fourth-order valence-corrected chi connectivity index (χ4v) is 3.00. The van der Waals surface area contributed by atoms with E-state index < -0.39 is 12.1 Å². The molecule has 1 saturated heterocycles. The number of aliphatic imine (C=N–C) groups is 1. The molecule has 0 aromatic heterocycles. The summed E-state index contributed by atoms with van der Waals surface area (Å²) in [6, 6.07) is -0.462. The maximum absolute atomic E-state index is 13.2. The van der Waals surface area contributed by atoms with Gasteiger partial charge in [-0.05, 0) is 12.8 Å². The molecule has 9 heteroatoms. The van der Waals surface area contributed by atoms with Crippen LogP contribution in [0.2, 0.25) is 0 Å². The first kappa shape index (κ1) is 17.5. The highest BCUT2D eigenvalue weighted by Crippen LogP contribution is 2.29. The molecule has 0 aliphatic carbocycles. The van der Waals surface area contributed by atoms with Crippen molar-refractivity contribution in [1.82, 2.24) is 15.5 Å². The topological polar surface area (TPSA) is 83.0 Å². The summed E-state index contributed by atoms with van der Waals surface area (Å²) in [5.41, 5.74) is 0. The third-order valence-electron chi connectivity index (χ3n) is 3.36. The summed E-state index contributed by atoms with van der Waals surface area (Å²) < 4.78 is 17.6. The molecule has 1 unspecified atom stereocenters. The lowest BCUT2D eigenvalue weighted by Gasteiger charge is -2.40. The summed E-state index contributed by atoms with van der Waals surface area (Å²) in [5.74, 6) is 0.261. The molecule has 21 heavy (non-hydrogen) atoms. The van der Waals surface area contributed by atoms with Gasteiger partial charge in [0.15, 0.2) is 0 Å². The molecule has 0 aromatic rings. The van der Waals surface area contributed by atoms with Crippen molar-refractivity contribution in [3.05, 3.63) is 0 Å². The fraction of sp³-hybridized carbons (Fsp3) is 0.750. The minimum atomic E-state index is -0.675. The summed E-state index contributed by atoms with van der Waals surface area (Å²) in [6.07, 6.45) is 0.704. The van der Waals surface area contributed by atoms with Gasteiger partial charge in [0.1, 0.15) is 18.4 Å². The van der Waals surface area contributed by atoms with Crippen LogP contribution in [0.1, 0.15) is 12.8 Å². The molecule has 0 saturated carbocycles. The van der Waals surface area contributed by atoms with Crippen LogP contribution in [0.15, 0.2) is 4.99 Å². The van der Waals surface area contributed by atoms with Gasteiger partial charge in [0.2, 0.25) is 5.91 Å². The molecule has 1 aliphatic heterocycles. The highest BCUT2D eigenvalue weighted by molar-refractivity contribution is 7.95. The van der Waals surface area contributed by atoms with Crippen LogP contribution in [0.5, 0.6) is 0 Å². The number of carbonyl (C=O) groups is 2. The van der Waals surface area contributed by atoms with Crippen molar-refractivity contribution < 1.29 is 18.2 Å². The van der Waals surface area contributed by atoms with Crippen LogP contribution >= 0.6 is 12.1 Å². The van der Waals surface area contributed by atoms with Crippen molar-refractivity contribution in [2.45, 2.75) is 24.1 Å². The molecule has 7 nitrogen and oxygen atoms in total. The normalized spacial score (nSPS) is 22.7. The summed E-state index contributed by atoms with van der Waals surface area (Å²) >= 11 is 0.236. The third-order valence-corrected chi connectivity index (χ3v) is 4.08. The number of likely N-dealkylation sites (N-methyl/N-ethyl adjacent to an activating group) is 1. The molecule has 1 fully saturated rings. The second-order valence-electron chi connectivity index (χ2n) is 4.51. The van der Waals surface area contributed by atoms with E-state index in [1.807, 2.05) is 0 Å². The Hall–Kier alpha value is -1.51. The van der Waals surface area contributed by atoms with Gasteiger partial charge in [0, 0.05) is 20.6 Å². The maximum Gasteiger partial charge on any atom is 0.407 e. The van der Waals surface area contributed by atoms with Crippen LogP contribution in [0.4, 0.5) is 8.68 Å². The van der Waals surface area contributed by atoms with Gasteiger partial charge in [-0.25, -0.2) is 4.79 Å². The standard InChI is InChI=1S/C12H21FN4O3S/c1-14-11(15-2)10-8(21-13)5-4-6-17(10)9(18)7-16-12(19)20-3/h8,10H,4-7H2,1-3H3,(H,14,15)(H,16,19)/t8?,10-/m0/s1. The first-order chi connectivity index (χ1) is 10.1. The Kier molecular flexibility index (Phi) is 7.27. The van der Waals surface area contributed by atoms with Gasteiger partial charge >= 0.3 is 6.09 Å². The Balaban J connectivity index is 2.84. The second-order valence-corrected chi connectivity index (χ2v) is 5.29. The number of piperidine rings is 1. The van der Waals surface area contributed by atoms with Crippen LogP contribution < -0.4 is 10.6 Å². The van der Waals surface area contributed by atoms with E-state index in [-0.39, 0.29) is 29.8 Å². The number of hydrogen-bond donors (Lipinski definition) is 2. The molecule has 0 aromatic carbocycles. The number of halogens is 1. The van der Waals surface area contributed by atoms with Crippen molar-refractivity contribution >= 4 is 30.0 Å². The Morgan fingerprint density at radius 2 is 2.24 bits per heavy atom. The second kappa shape index (κ2) is 8.71. The lowest BCUT2D eigenvalue weighted by Crippen LogP contribution is -2.58. The quantitative estimate of drug-likeness (QED) is 0.584. The van der Waals surface area contributed by atoms with E-state index in [1.165, 1.54) is 7.11 Å². The lowest BCUT2D eigenvalue weighted by molar-refractivity contribution is -0.132. The minimum Gasteiger partial charge on any atom is -0.453 e. The number of nitrogens with zero attached hydrogens (tertiary/aromatic N) is 2. The molecular formula is C12H21FN4O3S. The van der Waals surface area contributed by atoms with Crippen LogP contribution in [-0.4, -0.2) is 68.3 Å². The van der Waals surface area contributed by atoms with Gasteiger partial charge in [-0.1, -0.05) is 0 Å². The Labute approximate surface area is 128 Å². The molecule has 0 spiro atoms. The summed E-state index contributed by atoms with van der Waals surface area (Å²) in [4.78, 5) is 29.0. The molecule has 2 atom stereocenters. The molecule has 0 radical (unpaired) electrons. The van der Waals surface area contributed by atoms with Crippen molar-refractivity contribution in [3.63, 3.8) is 0 Å². The summed E-state index contributed by atoms with van der Waals surface area (Å²) in [5, 5.41) is 4.89. The van der Waals surface area contributed by atoms with Gasteiger partial charge in [-0.3, -0.25) is 9.79 Å².